The van der Waals surface area contributed by atoms with E-state index in [-0.39, 0.29) is 11.4 Å². The van der Waals surface area contributed by atoms with Crippen LogP contribution in [-0.4, -0.2) is 33.5 Å². The van der Waals surface area contributed by atoms with Gasteiger partial charge in [0.05, 0.1) is 4.91 Å². The van der Waals surface area contributed by atoms with Crippen LogP contribution in [0.2, 0.25) is 5.02 Å². The molecule has 0 radical (unpaired) electrons. The second-order valence-corrected chi connectivity index (χ2v) is 7.03. The van der Waals surface area contributed by atoms with Gasteiger partial charge in [0, 0.05) is 16.6 Å². The number of benzene rings is 1. The third-order valence-electron chi connectivity index (χ3n) is 3.02. The summed E-state index contributed by atoms with van der Waals surface area (Å²) < 4.78 is 0. The minimum Gasteiger partial charge on any atom is -0.300 e. The molecule has 1 aliphatic heterocycles. The van der Waals surface area contributed by atoms with Crippen molar-refractivity contribution in [3.63, 3.8) is 0 Å². The van der Waals surface area contributed by atoms with E-state index >= 15 is 0 Å². The van der Waals surface area contributed by atoms with Crippen LogP contribution in [0.15, 0.2) is 40.7 Å². The van der Waals surface area contributed by atoms with E-state index in [1.807, 2.05) is 0 Å². The molecule has 0 unspecified atom stereocenters. The number of hydrogen-bond donors (Lipinski definition) is 1. The van der Waals surface area contributed by atoms with Crippen molar-refractivity contribution in [2.24, 2.45) is 0 Å². The Morgan fingerprint density at radius 2 is 2.04 bits per heavy atom. The molecule has 0 aliphatic carbocycles. The fourth-order valence-electron chi connectivity index (χ4n) is 1.93. The summed E-state index contributed by atoms with van der Waals surface area (Å²) in [5, 5.41) is 4.78. The maximum atomic E-state index is 12.3. The first-order valence-corrected chi connectivity index (χ1v) is 8.80. The standard InChI is InChI=1S/C15H10ClN3O3S2/c16-10-3-1-9(2-4-10)7-11-13(21)19(15(22)24-11)8-12(20)18-14-17-5-6-23-14/h1-7H,8H2,(H,17,18,20)/b11-7-. The largest absolute Gasteiger partial charge is 0.300 e. The number of nitrogens with one attached hydrogen (secondary N) is 1. The first-order valence-electron chi connectivity index (χ1n) is 6.73. The SMILES string of the molecule is O=C(CN1C(=O)S/C(=C\c2ccc(Cl)cc2)C1=O)Nc1nccs1. The molecule has 0 atom stereocenters. The lowest BCUT2D eigenvalue weighted by Crippen LogP contribution is -2.36. The smallest absolute Gasteiger partial charge is 0.294 e. The van der Waals surface area contributed by atoms with Gasteiger partial charge in [0.15, 0.2) is 5.13 Å². The Bertz CT molecular complexity index is 819. The highest BCUT2D eigenvalue weighted by Gasteiger charge is 2.36. The van der Waals surface area contributed by atoms with Crippen molar-refractivity contribution in [2.75, 3.05) is 11.9 Å². The zero-order valence-corrected chi connectivity index (χ0v) is 14.5. The van der Waals surface area contributed by atoms with Crippen LogP contribution >= 0.6 is 34.7 Å². The van der Waals surface area contributed by atoms with E-state index in [0.29, 0.717) is 10.2 Å². The van der Waals surface area contributed by atoms with Crippen LogP contribution in [0.3, 0.4) is 0 Å². The molecule has 3 rings (SSSR count). The van der Waals surface area contributed by atoms with Gasteiger partial charge in [-0.3, -0.25) is 19.3 Å². The van der Waals surface area contributed by atoms with Crippen molar-refractivity contribution >= 4 is 63.0 Å². The molecule has 9 heteroatoms. The number of imide groups is 1. The molecule has 122 valence electrons. The van der Waals surface area contributed by atoms with E-state index in [1.165, 1.54) is 11.3 Å². The molecule has 2 heterocycles. The van der Waals surface area contributed by atoms with Gasteiger partial charge in [0.2, 0.25) is 5.91 Å². The first-order chi connectivity index (χ1) is 11.5. The normalized spacial score (nSPS) is 16.0. The van der Waals surface area contributed by atoms with E-state index in [4.69, 9.17) is 11.6 Å². The number of nitrogens with zero attached hydrogens (tertiary/aromatic N) is 2. The molecular weight excluding hydrogens is 370 g/mol. The van der Waals surface area contributed by atoms with Gasteiger partial charge in [-0.1, -0.05) is 23.7 Å². The Hall–Kier alpha value is -2.16. The number of halogens is 1. The van der Waals surface area contributed by atoms with Crippen molar-refractivity contribution in [2.45, 2.75) is 0 Å². The summed E-state index contributed by atoms with van der Waals surface area (Å²) in [6.07, 6.45) is 3.15. The minimum atomic E-state index is -0.491. The molecule has 1 aromatic carbocycles. The summed E-state index contributed by atoms with van der Waals surface area (Å²) in [6.45, 7) is -0.345. The van der Waals surface area contributed by atoms with Crippen molar-refractivity contribution < 1.29 is 14.4 Å². The Balaban J connectivity index is 1.69. The van der Waals surface area contributed by atoms with Crippen molar-refractivity contribution in [1.82, 2.24) is 9.88 Å². The van der Waals surface area contributed by atoms with Gasteiger partial charge in [0.25, 0.3) is 11.1 Å². The van der Waals surface area contributed by atoms with Crippen LogP contribution in [-0.2, 0) is 9.59 Å². The quantitative estimate of drug-likeness (QED) is 0.823. The van der Waals surface area contributed by atoms with Gasteiger partial charge in [0.1, 0.15) is 6.54 Å². The van der Waals surface area contributed by atoms with Crippen LogP contribution in [0.25, 0.3) is 6.08 Å². The average Bonchev–Trinajstić information content (AvgIpc) is 3.14. The highest BCUT2D eigenvalue weighted by molar-refractivity contribution is 8.18. The van der Waals surface area contributed by atoms with Crippen LogP contribution in [0, 0.1) is 0 Å². The van der Waals surface area contributed by atoms with Crippen LogP contribution in [0.5, 0.6) is 0 Å². The summed E-state index contributed by atoms with van der Waals surface area (Å²) >= 11 is 7.87. The van der Waals surface area contributed by atoms with Gasteiger partial charge in [-0.05, 0) is 35.5 Å². The topological polar surface area (TPSA) is 79.4 Å². The third-order valence-corrected chi connectivity index (χ3v) is 4.87. The van der Waals surface area contributed by atoms with Gasteiger partial charge >= 0.3 is 0 Å². The number of thioether (sulfide) groups is 1. The van der Waals surface area contributed by atoms with E-state index < -0.39 is 17.1 Å². The van der Waals surface area contributed by atoms with E-state index in [0.717, 1.165) is 22.2 Å². The number of amides is 3. The van der Waals surface area contributed by atoms with Crippen molar-refractivity contribution in [3.05, 3.63) is 51.3 Å². The molecule has 0 bridgehead atoms. The number of anilines is 1. The fourth-order valence-corrected chi connectivity index (χ4v) is 3.44. The first kappa shape index (κ1) is 16.7. The Kier molecular flexibility index (Phi) is 4.98. The van der Waals surface area contributed by atoms with Crippen LogP contribution < -0.4 is 5.32 Å². The molecule has 2 aromatic rings. The predicted molar refractivity (Wildman–Crippen MR) is 94.9 cm³/mol. The van der Waals surface area contributed by atoms with Gasteiger partial charge in [-0.2, -0.15) is 0 Å². The zero-order chi connectivity index (χ0) is 17.1. The third kappa shape index (κ3) is 3.84. The Morgan fingerprint density at radius 3 is 2.71 bits per heavy atom. The second-order valence-electron chi connectivity index (χ2n) is 4.70. The lowest BCUT2D eigenvalue weighted by atomic mass is 10.2. The van der Waals surface area contributed by atoms with E-state index in [9.17, 15) is 14.4 Å². The monoisotopic (exact) mass is 379 g/mol. The molecule has 1 N–H and O–H groups in total. The molecule has 6 nitrogen and oxygen atoms in total. The summed E-state index contributed by atoms with van der Waals surface area (Å²) in [7, 11) is 0. The van der Waals surface area contributed by atoms with Crippen molar-refractivity contribution in [1.29, 1.82) is 0 Å². The summed E-state index contributed by atoms with van der Waals surface area (Å²) in [5.41, 5.74) is 0.747. The number of hydrogen-bond acceptors (Lipinski definition) is 6. The summed E-state index contributed by atoms with van der Waals surface area (Å²) in [6, 6.07) is 6.87. The molecule has 1 aliphatic rings. The Labute approximate surface area is 150 Å². The molecule has 3 amide bonds. The van der Waals surface area contributed by atoms with Gasteiger partial charge in [-0.15, -0.1) is 11.3 Å². The zero-order valence-electron chi connectivity index (χ0n) is 12.1. The number of carbonyl (C=O) groups excluding carboxylic acids is 3. The lowest BCUT2D eigenvalue weighted by molar-refractivity contribution is -0.127. The van der Waals surface area contributed by atoms with Gasteiger partial charge in [-0.25, -0.2) is 4.98 Å². The molecule has 1 aromatic heterocycles. The highest BCUT2D eigenvalue weighted by atomic mass is 35.5. The maximum absolute atomic E-state index is 12.3. The summed E-state index contributed by atoms with van der Waals surface area (Å²) in [5.74, 6) is -0.964. The predicted octanol–water partition coefficient (Wildman–Crippen LogP) is 3.47. The lowest BCUT2D eigenvalue weighted by Gasteiger charge is -2.11. The molecule has 1 saturated heterocycles. The molecule has 0 spiro atoms. The Morgan fingerprint density at radius 1 is 1.29 bits per heavy atom. The minimum absolute atomic E-state index is 0.268. The van der Waals surface area contributed by atoms with Crippen LogP contribution in [0.1, 0.15) is 5.56 Å². The van der Waals surface area contributed by atoms with Gasteiger partial charge < -0.3 is 5.32 Å². The fraction of sp³-hybridized carbons (Fsp3) is 0.0667. The van der Waals surface area contributed by atoms with E-state index in [2.05, 4.69) is 10.3 Å². The van der Waals surface area contributed by atoms with E-state index in [1.54, 1.807) is 41.9 Å². The molecule has 0 saturated carbocycles. The number of carbonyl (C=O) groups is 3. The molecule has 24 heavy (non-hydrogen) atoms. The second kappa shape index (κ2) is 7.16. The van der Waals surface area contributed by atoms with Crippen LogP contribution in [0.4, 0.5) is 9.93 Å². The number of thiazole rings is 1. The number of aromatic nitrogens is 1. The maximum Gasteiger partial charge on any atom is 0.294 e. The average molecular weight is 380 g/mol. The highest BCUT2D eigenvalue weighted by Crippen LogP contribution is 2.32. The number of rotatable bonds is 4. The van der Waals surface area contributed by atoms with Crippen molar-refractivity contribution in [3.8, 4) is 0 Å². The molecular formula is C15H10ClN3O3S2. The summed E-state index contributed by atoms with van der Waals surface area (Å²) in [4.78, 5) is 41.3. The molecule has 1 fully saturated rings.